The third kappa shape index (κ3) is 7.31. The predicted octanol–water partition coefficient (Wildman–Crippen LogP) is 1.72. The maximum Gasteiger partial charge on any atom is 0.121 e. The van der Waals surface area contributed by atoms with Gasteiger partial charge in [-0.1, -0.05) is 23.2 Å². The molecule has 2 atom stereocenters. The molecule has 0 aliphatic carbocycles. The van der Waals surface area contributed by atoms with E-state index in [1.165, 1.54) is 0 Å². The van der Waals surface area contributed by atoms with Crippen LogP contribution in [0.1, 0.15) is 6.42 Å². The molecule has 1 aromatic carbocycles. The molecular formula is C14H21Cl2NO4. The van der Waals surface area contributed by atoms with Crippen LogP contribution in [0.5, 0.6) is 5.75 Å². The molecular weight excluding hydrogens is 317 g/mol. The molecule has 0 bridgehead atoms. The van der Waals surface area contributed by atoms with Crippen LogP contribution in [0.3, 0.4) is 0 Å². The molecule has 1 aromatic rings. The molecule has 0 saturated heterocycles. The van der Waals surface area contributed by atoms with Gasteiger partial charge in [-0.25, -0.2) is 0 Å². The third-order valence-corrected chi connectivity index (χ3v) is 3.56. The highest BCUT2D eigenvalue weighted by molar-refractivity contribution is 6.42. The summed E-state index contributed by atoms with van der Waals surface area (Å²) < 4.78 is 10.5. The summed E-state index contributed by atoms with van der Waals surface area (Å²) in [5.41, 5.74) is 0. The Bertz CT molecular complexity index is 414. The fourth-order valence-electron chi connectivity index (χ4n) is 1.72. The van der Waals surface area contributed by atoms with E-state index in [0.29, 0.717) is 35.4 Å². The zero-order chi connectivity index (χ0) is 15.7. The molecule has 2 unspecified atom stereocenters. The lowest BCUT2D eigenvalue weighted by molar-refractivity contribution is 0.0919. The summed E-state index contributed by atoms with van der Waals surface area (Å²) in [5.74, 6) is 0.548. The van der Waals surface area contributed by atoms with Gasteiger partial charge in [0.2, 0.25) is 0 Å². The number of halogens is 2. The second kappa shape index (κ2) is 10.2. The summed E-state index contributed by atoms with van der Waals surface area (Å²) in [6, 6.07) is 4.93. The normalized spacial score (nSPS) is 14.0. The van der Waals surface area contributed by atoms with Gasteiger partial charge in [0.05, 0.1) is 16.7 Å². The third-order valence-electron chi connectivity index (χ3n) is 2.82. The van der Waals surface area contributed by atoms with E-state index in [1.54, 1.807) is 25.3 Å². The monoisotopic (exact) mass is 337 g/mol. The number of methoxy groups -OCH3 is 1. The van der Waals surface area contributed by atoms with Gasteiger partial charge in [-0.2, -0.15) is 0 Å². The zero-order valence-electron chi connectivity index (χ0n) is 11.9. The van der Waals surface area contributed by atoms with E-state index in [4.69, 9.17) is 37.8 Å². The van der Waals surface area contributed by atoms with Crippen LogP contribution >= 0.6 is 23.2 Å². The summed E-state index contributed by atoms with van der Waals surface area (Å²) in [7, 11) is 1.59. The molecule has 3 N–H and O–H groups in total. The van der Waals surface area contributed by atoms with Crippen LogP contribution < -0.4 is 10.1 Å². The van der Waals surface area contributed by atoms with Crippen molar-refractivity contribution in [3.8, 4) is 5.75 Å². The maximum absolute atomic E-state index is 9.87. The molecule has 0 amide bonds. The van der Waals surface area contributed by atoms with Gasteiger partial charge in [-0.3, -0.25) is 0 Å². The summed E-state index contributed by atoms with van der Waals surface area (Å²) >= 11 is 11.7. The van der Waals surface area contributed by atoms with Gasteiger partial charge in [0.25, 0.3) is 0 Å². The number of hydrogen-bond acceptors (Lipinski definition) is 5. The summed E-state index contributed by atoms with van der Waals surface area (Å²) in [6.07, 6.45) is -0.119. The van der Waals surface area contributed by atoms with Crippen LogP contribution in [0.4, 0.5) is 0 Å². The number of aliphatic hydroxyl groups excluding tert-OH is 2. The first-order chi connectivity index (χ1) is 10.1. The van der Waals surface area contributed by atoms with Gasteiger partial charge in [0, 0.05) is 32.4 Å². The molecule has 120 valence electrons. The van der Waals surface area contributed by atoms with Gasteiger partial charge in [0.1, 0.15) is 18.5 Å². The number of nitrogens with one attached hydrogen (secondary N) is 1. The van der Waals surface area contributed by atoms with E-state index in [2.05, 4.69) is 5.32 Å². The van der Waals surface area contributed by atoms with Crippen molar-refractivity contribution < 1.29 is 19.7 Å². The summed E-state index contributed by atoms with van der Waals surface area (Å²) in [6.45, 7) is 1.01. The van der Waals surface area contributed by atoms with Crippen molar-refractivity contribution in [1.29, 1.82) is 0 Å². The quantitative estimate of drug-likeness (QED) is 0.606. The Hall–Kier alpha value is -0.560. The van der Waals surface area contributed by atoms with E-state index in [0.717, 1.165) is 0 Å². The Morgan fingerprint density at radius 1 is 1.24 bits per heavy atom. The van der Waals surface area contributed by atoms with E-state index in [-0.39, 0.29) is 19.3 Å². The smallest absolute Gasteiger partial charge is 0.121 e. The fourth-order valence-corrected chi connectivity index (χ4v) is 2.01. The number of aliphatic hydroxyl groups is 2. The fraction of sp³-hybridized carbons (Fsp3) is 0.571. The molecule has 0 saturated carbocycles. The molecule has 1 rings (SSSR count). The van der Waals surface area contributed by atoms with Gasteiger partial charge in [-0.15, -0.1) is 0 Å². The molecule has 21 heavy (non-hydrogen) atoms. The lowest BCUT2D eigenvalue weighted by atomic mass is 10.2. The Kier molecular flexibility index (Phi) is 8.99. The number of benzene rings is 1. The van der Waals surface area contributed by atoms with Crippen molar-refractivity contribution >= 4 is 23.2 Å². The highest BCUT2D eigenvalue weighted by Gasteiger charge is 2.11. The average molecular weight is 338 g/mol. The van der Waals surface area contributed by atoms with Crippen LogP contribution in [-0.2, 0) is 4.74 Å². The first-order valence-corrected chi connectivity index (χ1v) is 7.41. The first-order valence-electron chi connectivity index (χ1n) is 6.66. The SMILES string of the molecule is COCC(CCO)NCC(O)COc1ccc(Cl)c(Cl)c1. The Morgan fingerprint density at radius 2 is 2.00 bits per heavy atom. The Morgan fingerprint density at radius 3 is 2.62 bits per heavy atom. The molecule has 0 aliphatic heterocycles. The maximum atomic E-state index is 9.87. The minimum Gasteiger partial charge on any atom is -0.491 e. The van der Waals surface area contributed by atoms with Crippen LogP contribution in [0, 0.1) is 0 Å². The van der Waals surface area contributed by atoms with E-state index in [1.807, 2.05) is 0 Å². The molecule has 0 aromatic heterocycles. The molecule has 0 fully saturated rings. The minimum atomic E-state index is -0.683. The lowest BCUT2D eigenvalue weighted by Gasteiger charge is -2.19. The Balaban J connectivity index is 2.32. The van der Waals surface area contributed by atoms with E-state index in [9.17, 15) is 5.11 Å². The topological polar surface area (TPSA) is 71.0 Å². The van der Waals surface area contributed by atoms with Gasteiger partial charge in [0.15, 0.2) is 0 Å². The van der Waals surface area contributed by atoms with Gasteiger partial charge in [-0.05, 0) is 18.6 Å². The second-order valence-corrected chi connectivity index (χ2v) is 5.43. The van der Waals surface area contributed by atoms with Crippen molar-refractivity contribution in [2.45, 2.75) is 18.6 Å². The van der Waals surface area contributed by atoms with Crippen molar-refractivity contribution in [2.75, 3.05) is 33.5 Å². The Labute approximate surface area is 134 Å². The summed E-state index contributed by atoms with van der Waals surface area (Å²) in [5, 5.41) is 22.8. The highest BCUT2D eigenvalue weighted by atomic mass is 35.5. The lowest BCUT2D eigenvalue weighted by Crippen LogP contribution is -2.40. The van der Waals surface area contributed by atoms with Crippen molar-refractivity contribution in [3.63, 3.8) is 0 Å². The van der Waals surface area contributed by atoms with Crippen LogP contribution in [0.2, 0.25) is 10.0 Å². The number of hydrogen-bond donors (Lipinski definition) is 3. The molecule has 0 aliphatic rings. The van der Waals surface area contributed by atoms with Crippen LogP contribution in [0.25, 0.3) is 0 Å². The largest absolute Gasteiger partial charge is 0.491 e. The van der Waals surface area contributed by atoms with Crippen LogP contribution in [0.15, 0.2) is 18.2 Å². The van der Waals surface area contributed by atoms with Crippen molar-refractivity contribution in [3.05, 3.63) is 28.2 Å². The molecule has 0 radical (unpaired) electrons. The van der Waals surface area contributed by atoms with Gasteiger partial charge >= 0.3 is 0 Å². The zero-order valence-corrected chi connectivity index (χ0v) is 13.4. The first kappa shape index (κ1) is 18.5. The van der Waals surface area contributed by atoms with Crippen LogP contribution in [-0.4, -0.2) is 55.8 Å². The molecule has 0 heterocycles. The van der Waals surface area contributed by atoms with E-state index < -0.39 is 6.10 Å². The highest BCUT2D eigenvalue weighted by Crippen LogP contribution is 2.26. The molecule has 5 nitrogen and oxygen atoms in total. The number of rotatable bonds is 10. The number of ether oxygens (including phenoxy) is 2. The minimum absolute atomic E-state index is 0.000346. The average Bonchev–Trinajstić information content (AvgIpc) is 2.46. The standard InChI is InChI=1S/C14H21Cl2NO4/c1-20-8-10(4-5-18)17-7-11(19)9-21-12-2-3-13(15)14(16)6-12/h2-3,6,10-11,17-19H,4-5,7-9H2,1H3. The summed E-state index contributed by atoms with van der Waals surface area (Å²) in [4.78, 5) is 0. The predicted molar refractivity (Wildman–Crippen MR) is 83.3 cm³/mol. The van der Waals surface area contributed by atoms with Gasteiger partial charge < -0.3 is 25.0 Å². The van der Waals surface area contributed by atoms with Crippen molar-refractivity contribution in [1.82, 2.24) is 5.32 Å². The molecule has 0 spiro atoms. The van der Waals surface area contributed by atoms with E-state index >= 15 is 0 Å². The molecule has 7 heteroatoms. The van der Waals surface area contributed by atoms with Crippen molar-refractivity contribution in [2.24, 2.45) is 0 Å². The second-order valence-electron chi connectivity index (χ2n) is 4.61.